The summed E-state index contributed by atoms with van der Waals surface area (Å²) in [5.74, 6) is 0.207. The van der Waals surface area contributed by atoms with Gasteiger partial charge >= 0.3 is 0 Å². The van der Waals surface area contributed by atoms with Crippen molar-refractivity contribution in [3.63, 3.8) is 0 Å². The molecule has 2 fully saturated rings. The molecule has 1 aromatic carbocycles. The van der Waals surface area contributed by atoms with Crippen molar-refractivity contribution in [1.82, 2.24) is 10.2 Å². The lowest BCUT2D eigenvalue weighted by Crippen LogP contribution is -2.44. The van der Waals surface area contributed by atoms with Crippen molar-refractivity contribution < 1.29 is 9.50 Å². The third kappa shape index (κ3) is 4.44. The first-order valence-electron chi connectivity index (χ1n) is 8.70. The highest BCUT2D eigenvalue weighted by atomic mass is 35.5. The first-order valence-corrected chi connectivity index (χ1v) is 9.08. The number of likely N-dealkylation sites (tertiary alicyclic amines) is 1. The molecule has 1 aliphatic heterocycles. The summed E-state index contributed by atoms with van der Waals surface area (Å²) in [6, 6.07) is 5.38. The maximum atomic E-state index is 13.9. The van der Waals surface area contributed by atoms with E-state index in [1.165, 1.54) is 6.07 Å². The van der Waals surface area contributed by atoms with Crippen molar-refractivity contribution in [1.29, 1.82) is 0 Å². The Morgan fingerprint density at radius 2 is 2.00 bits per heavy atom. The zero-order valence-corrected chi connectivity index (χ0v) is 14.2. The van der Waals surface area contributed by atoms with Crippen LogP contribution in [0.1, 0.15) is 37.7 Å². The van der Waals surface area contributed by atoms with Gasteiger partial charge in [0.15, 0.2) is 0 Å². The largest absolute Gasteiger partial charge is 0.393 e. The molecule has 0 unspecified atom stereocenters. The van der Waals surface area contributed by atoms with Gasteiger partial charge in [0, 0.05) is 29.7 Å². The first-order chi connectivity index (χ1) is 11.1. The molecule has 2 N–H and O–H groups in total. The van der Waals surface area contributed by atoms with Gasteiger partial charge in [0.2, 0.25) is 0 Å². The number of nitrogens with one attached hydrogen (secondary N) is 1. The number of hydrogen-bond acceptors (Lipinski definition) is 3. The van der Waals surface area contributed by atoms with E-state index >= 15 is 0 Å². The maximum absolute atomic E-state index is 13.9. The average Bonchev–Trinajstić information content (AvgIpc) is 2.95. The Hall–Kier alpha value is -0.680. The molecule has 2 atom stereocenters. The summed E-state index contributed by atoms with van der Waals surface area (Å²) in [5.41, 5.74) is 0.606. The van der Waals surface area contributed by atoms with Crippen LogP contribution in [0.3, 0.4) is 0 Å². The summed E-state index contributed by atoms with van der Waals surface area (Å²) in [4.78, 5) is 2.27. The lowest BCUT2D eigenvalue weighted by atomic mass is 10.0. The lowest BCUT2D eigenvalue weighted by Gasteiger charge is -2.33. The molecule has 1 saturated heterocycles. The smallest absolute Gasteiger partial charge is 0.129 e. The molecule has 128 valence electrons. The van der Waals surface area contributed by atoms with Crippen LogP contribution in [0.25, 0.3) is 0 Å². The summed E-state index contributed by atoms with van der Waals surface area (Å²) in [6.45, 7) is 3.41. The fourth-order valence-electron chi connectivity index (χ4n) is 3.78. The molecule has 2 aliphatic rings. The van der Waals surface area contributed by atoms with E-state index in [0.29, 0.717) is 29.1 Å². The molecule has 0 radical (unpaired) electrons. The number of aliphatic hydroxyl groups excluding tert-OH is 1. The number of nitrogens with zero attached hydrogens (tertiary/aromatic N) is 1. The molecular weight excluding hydrogens is 315 g/mol. The summed E-state index contributed by atoms with van der Waals surface area (Å²) in [6.07, 6.45) is 5.25. The predicted octanol–water partition coefficient (Wildman–Crippen LogP) is 3.19. The predicted molar refractivity (Wildman–Crippen MR) is 91.1 cm³/mol. The molecule has 3 rings (SSSR count). The van der Waals surface area contributed by atoms with Gasteiger partial charge in [-0.3, -0.25) is 4.90 Å². The van der Waals surface area contributed by atoms with Crippen LogP contribution >= 0.6 is 11.6 Å². The molecule has 1 aliphatic carbocycles. The van der Waals surface area contributed by atoms with Crippen LogP contribution in [-0.2, 0) is 6.54 Å². The van der Waals surface area contributed by atoms with Gasteiger partial charge in [-0.05, 0) is 56.8 Å². The second kappa shape index (κ2) is 7.93. The minimum absolute atomic E-state index is 0.120. The third-order valence-electron chi connectivity index (χ3n) is 5.32. The quantitative estimate of drug-likeness (QED) is 0.864. The van der Waals surface area contributed by atoms with Gasteiger partial charge in [-0.15, -0.1) is 0 Å². The van der Waals surface area contributed by atoms with E-state index in [1.54, 1.807) is 12.1 Å². The SMILES string of the molecule is O[C@H]1CCC[C@H]1CNC1CCN(Cc2c(F)cccc2Cl)CC1. The molecule has 1 aromatic rings. The zero-order chi connectivity index (χ0) is 16.2. The monoisotopic (exact) mass is 340 g/mol. The van der Waals surface area contributed by atoms with Crippen LogP contribution < -0.4 is 5.32 Å². The molecule has 3 nitrogen and oxygen atoms in total. The Balaban J connectivity index is 1.43. The maximum Gasteiger partial charge on any atom is 0.129 e. The molecule has 1 heterocycles. The van der Waals surface area contributed by atoms with Gasteiger partial charge in [-0.2, -0.15) is 0 Å². The molecule has 1 saturated carbocycles. The molecular formula is C18H26ClFN2O. The zero-order valence-electron chi connectivity index (χ0n) is 13.5. The van der Waals surface area contributed by atoms with E-state index in [0.717, 1.165) is 51.7 Å². The van der Waals surface area contributed by atoms with Gasteiger partial charge < -0.3 is 10.4 Å². The number of benzene rings is 1. The second-order valence-electron chi connectivity index (χ2n) is 6.92. The Morgan fingerprint density at radius 3 is 2.65 bits per heavy atom. The fraction of sp³-hybridized carbons (Fsp3) is 0.667. The topological polar surface area (TPSA) is 35.5 Å². The average molecular weight is 341 g/mol. The van der Waals surface area contributed by atoms with E-state index in [1.807, 2.05) is 0 Å². The molecule has 23 heavy (non-hydrogen) atoms. The van der Waals surface area contributed by atoms with Crippen LogP contribution in [0.2, 0.25) is 5.02 Å². The van der Waals surface area contributed by atoms with Gasteiger partial charge in [-0.25, -0.2) is 4.39 Å². The van der Waals surface area contributed by atoms with Crippen LogP contribution in [0, 0.1) is 11.7 Å². The normalized spacial score (nSPS) is 26.7. The van der Waals surface area contributed by atoms with Gasteiger partial charge in [0.05, 0.1) is 6.10 Å². The van der Waals surface area contributed by atoms with Gasteiger partial charge in [-0.1, -0.05) is 24.1 Å². The van der Waals surface area contributed by atoms with Gasteiger partial charge in [0.1, 0.15) is 5.82 Å². The van der Waals surface area contributed by atoms with Crippen molar-refractivity contribution in [3.05, 3.63) is 34.6 Å². The van der Waals surface area contributed by atoms with E-state index in [2.05, 4.69) is 10.2 Å². The van der Waals surface area contributed by atoms with E-state index in [-0.39, 0.29) is 11.9 Å². The van der Waals surface area contributed by atoms with Crippen LogP contribution in [0.4, 0.5) is 4.39 Å². The third-order valence-corrected chi connectivity index (χ3v) is 5.67. The first kappa shape index (κ1) is 17.2. The highest BCUT2D eigenvalue weighted by Gasteiger charge is 2.27. The van der Waals surface area contributed by atoms with Crippen LogP contribution in [0.15, 0.2) is 18.2 Å². The Kier molecular flexibility index (Phi) is 5.91. The highest BCUT2D eigenvalue weighted by molar-refractivity contribution is 6.31. The summed E-state index contributed by atoms with van der Waals surface area (Å²) < 4.78 is 13.9. The summed E-state index contributed by atoms with van der Waals surface area (Å²) in [7, 11) is 0. The summed E-state index contributed by atoms with van der Waals surface area (Å²) >= 11 is 6.11. The number of rotatable bonds is 5. The minimum atomic E-state index is -0.215. The van der Waals surface area contributed by atoms with Crippen LogP contribution in [0.5, 0.6) is 0 Å². The molecule has 5 heteroatoms. The number of aliphatic hydroxyl groups is 1. The number of piperidine rings is 1. The van der Waals surface area contributed by atoms with Crippen molar-refractivity contribution >= 4 is 11.6 Å². The summed E-state index contributed by atoms with van der Waals surface area (Å²) in [5, 5.41) is 14.0. The van der Waals surface area contributed by atoms with Crippen molar-refractivity contribution in [3.8, 4) is 0 Å². The van der Waals surface area contributed by atoms with E-state index in [9.17, 15) is 9.50 Å². The lowest BCUT2D eigenvalue weighted by molar-refractivity contribution is 0.124. The fourth-order valence-corrected chi connectivity index (χ4v) is 4.00. The molecule has 0 bridgehead atoms. The van der Waals surface area contributed by atoms with E-state index in [4.69, 9.17) is 11.6 Å². The van der Waals surface area contributed by atoms with Gasteiger partial charge in [0.25, 0.3) is 0 Å². The molecule has 0 spiro atoms. The van der Waals surface area contributed by atoms with E-state index < -0.39 is 0 Å². The molecule has 0 amide bonds. The van der Waals surface area contributed by atoms with Crippen molar-refractivity contribution in [2.24, 2.45) is 5.92 Å². The Bertz CT molecular complexity index is 499. The highest BCUT2D eigenvalue weighted by Crippen LogP contribution is 2.26. The Labute approximate surface area is 142 Å². The number of halogens is 2. The van der Waals surface area contributed by atoms with Crippen molar-refractivity contribution in [2.45, 2.75) is 50.8 Å². The van der Waals surface area contributed by atoms with Crippen molar-refractivity contribution in [2.75, 3.05) is 19.6 Å². The van der Waals surface area contributed by atoms with Crippen LogP contribution in [-0.4, -0.2) is 41.8 Å². The standard InChI is InChI=1S/C18H26ClFN2O/c19-16-4-2-5-17(20)15(16)12-22-9-7-14(8-10-22)21-11-13-3-1-6-18(13)23/h2,4-5,13-14,18,21,23H,1,3,6-12H2/t13-,18-/m0/s1. The Morgan fingerprint density at radius 1 is 1.22 bits per heavy atom. The molecule has 0 aromatic heterocycles. The minimum Gasteiger partial charge on any atom is -0.393 e. The number of hydrogen-bond donors (Lipinski definition) is 2. The second-order valence-corrected chi connectivity index (χ2v) is 7.32.